The number of benzene rings is 3. The summed E-state index contributed by atoms with van der Waals surface area (Å²) in [5.74, 6) is -0.360. The summed E-state index contributed by atoms with van der Waals surface area (Å²) >= 11 is 12.8. The molecule has 11 nitrogen and oxygen atoms in total. The van der Waals surface area contributed by atoms with E-state index in [0.29, 0.717) is 35.4 Å². The van der Waals surface area contributed by atoms with Crippen molar-refractivity contribution in [1.82, 2.24) is 24.1 Å². The van der Waals surface area contributed by atoms with Crippen LogP contribution in [-0.2, 0) is 21.8 Å². The molecule has 13 heteroatoms. The first-order chi connectivity index (χ1) is 23.8. The Labute approximate surface area is 295 Å². The van der Waals surface area contributed by atoms with Crippen molar-refractivity contribution in [2.75, 3.05) is 49.2 Å². The number of ether oxygens (including phenoxy) is 3. The van der Waals surface area contributed by atoms with Crippen LogP contribution in [0.4, 0.5) is 11.4 Å². The maximum Gasteiger partial charge on any atom is 0.350 e. The third kappa shape index (κ3) is 7.07. The predicted molar refractivity (Wildman–Crippen MR) is 190 cm³/mol. The highest BCUT2D eigenvalue weighted by Crippen LogP contribution is 2.40. The lowest BCUT2D eigenvalue weighted by molar-refractivity contribution is -0.190. The topological polar surface area (TPSA) is 91.8 Å². The fourth-order valence-corrected chi connectivity index (χ4v) is 6.87. The molecule has 2 fully saturated rings. The summed E-state index contributed by atoms with van der Waals surface area (Å²) in [6, 6.07) is 23.5. The molecule has 0 amide bonds. The van der Waals surface area contributed by atoms with Crippen molar-refractivity contribution < 1.29 is 14.2 Å². The molecule has 2 aromatic heterocycles. The second-order valence-corrected chi connectivity index (χ2v) is 13.3. The van der Waals surface area contributed by atoms with Gasteiger partial charge in [0.25, 0.3) is 0 Å². The Balaban J connectivity index is 0.925. The lowest BCUT2D eigenvalue weighted by Crippen LogP contribution is -2.46. The minimum atomic E-state index is -1.12. The lowest BCUT2D eigenvalue weighted by Gasteiger charge is -2.37. The van der Waals surface area contributed by atoms with Gasteiger partial charge < -0.3 is 24.0 Å². The van der Waals surface area contributed by atoms with Crippen molar-refractivity contribution in [2.24, 2.45) is 0 Å². The smallest absolute Gasteiger partial charge is 0.350 e. The van der Waals surface area contributed by atoms with Crippen LogP contribution in [-0.4, -0.2) is 69.6 Å². The first-order valence-corrected chi connectivity index (χ1v) is 17.3. The number of piperazine rings is 1. The summed E-state index contributed by atoms with van der Waals surface area (Å²) in [4.78, 5) is 17.6. The van der Waals surface area contributed by atoms with Crippen LogP contribution < -0.4 is 20.2 Å². The monoisotopic (exact) mass is 703 g/mol. The van der Waals surface area contributed by atoms with Gasteiger partial charge in [0, 0.05) is 60.5 Å². The number of hydrogen-bond acceptors (Lipinski definition) is 8. The van der Waals surface area contributed by atoms with Crippen molar-refractivity contribution in [3.05, 3.63) is 118 Å². The summed E-state index contributed by atoms with van der Waals surface area (Å²) in [7, 11) is 0. The first kappa shape index (κ1) is 33.2. The van der Waals surface area contributed by atoms with Gasteiger partial charge in [-0.15, -0.1) is 0 Å². The van der Waals surface area contributed by atoms with Crippen molar-refractivity contribution in [3.63, 3.8) is 0 Å². The van der Waals surface area contributed by atoms with Gasteiger partial charge >= 0.3 is 5.69 Å². The van der Waals surface area contributed by atoms with E-state index >= 15 is 0 Å². The molecular formula is C36H39Cl2N7O4. The molecule has 49 heavy (non-hydrogen) atoms. The van der Waals surface area contributed by atoms with Crippen molar-refractivity contribution in [3.8, 4) is 11.4 Å². The Bertz CT molecular complexity index is 1910. The van der Waals surface area contributed by atoms with Crippen LogP contribution in [0.3, 0.4) is 0 Å². The zero-order valence-corrected chi connectivity index (χ0v) is 29.0. The predicted octanol–water partition coefficient (Wildman–Crippen LogP) is 6.18. The van der Waals surface area contributed by atoms with Gasteiger partial charge in [-0.2, -0.15) is 10.2 Å². The third-order valence-corrected chi connectivity index (χ3v) is 9.79. The van der Waals surface area contributed by atoms with Gasteiger partial charge in [-0.05, 0) is 80.1 Å². The molecule has 256 valence electrons. The fourth-order valence-electron chi connectivity index (χ4n) is 6.32. The maximum absolute atomic E-state index is 12.8. The molecule has 7 rings (SSSR count). The highest BCUT2D eigenvalue weighted by molar-refractivity contribution is 6.35. The van der Waals surface area contributed by atoms with Crippen LogP contribution in [0.2, 0.25) is 10.0 Å². The minimum absolute atomic E-state index is 0.0661. The molecular weight excluding hydrogens is 665 g/mol. The Kier molecular flexibility index (Phi) is 9.68. The van der Waals surface area contributed by atoms with Crippen molar-refractivity contribution >= 4 is 34.6 Å². The van der Waals surface area contributed by atoms with Crippen LogP contribution in [0.1, 0.15) is 31.9 Å². The van der Waals surface area contributed by atoms with Crippen LogP contribution in [0, 0.1) is 0 Å². The van der Waals surface area contributed by atoms with E-state index in [1.54, 1.807) is 38.6 Å². The molecule has 3 atom stereocenters. The summed E-state index contributed by atoms with van der Waals surface area (Å²) in [5.41, 5.74) is 3.68. The molecule has 0 spiro atoms. The molecule has 0 saturated carbocycles. The van der Waals surface area contributed by atoms with Gasteiger partial charge in [0.15, 0.2) is 0 Å². The standard InChI is InChI=1S/C36H39Cl2N7O4/c1-3-26(2)45-35(46)44(25-40-45)30-8-6-28(7-9-30)41-17-19-42(20-18-41)29-10-12-31(13-11-29)47-22-32-23-48-36(49-32,24-43-16-4-15-39-43)33-14-5-27(37)21-34(33)38/h4-16,21,25-26,32H,3,17-20,22-24H2,1-2H3/t26?,32-,36-/m1/s1. The van der Waals surface area contributed by atoms with Crippen LogP contribution in [0.5, 0.6) is 5.75 Å². The summed E-state index contributed by atoms with van der Waals surface area (Å²) in [6.07, 6.45) is 5.71. The Morgan fingerprint density at radius 2 is 1.61 bits per heavy atom. The molecule has 3 aromatic carbocycles. The van der Waals surface area contributed by atoms with Crippen molar-refractivity contribution in [1.29, 1.82) is 0 Å². The van der Waals surface area contributed by atoms with Gasteiger partial charge in [0.05, 0.1) is 29.9 Å². The van der Waals surface area contributed by atoms with E-state index in [4.69, 9.17) is 37.4 Å². The molecule has 4 heterocycles. The van der Waals surface area contributed by atoms with E-state index < -0.39 is 5.79 Å². The molecule has 0 N–H and O–H groups in total. The summed E-state index contributed by atoms with van der Waals surface area (Å²) in [6.45, 7) is 8.60. The SMILES string of the molecule is CCC(C)n1ncn(-c2ccc(N3CCN(c4ccc(OC[C@@H]5CO[C@@](Cn6cccn6)(c6ccc(Cl)cc6Cl)O5)cc4)CC3)cc2)c1=O. The average molecular weight is 705 g/mol. The van der Waals surface area contributed by atoms with Crippen LogP contribution in [0.15, 0.2) is 96.3 Å². The van der Waals surface area contributed by atoms with Gasteiger partial charge in [-0.1, -0.05) is 36.2 Å². The second-order valence-electron chi connectivity index (χ2n) is 12.4. The number of hydrogen-bond donors (Lipinski definition) is 0. The van der Waals surface area contributed by atoms with Gasteiger partial charge in [0.1, 0.15) is 24.8 Å². The van der Waals surface area contributed by atoms with E-state index in [1.807, 2.05) is 56.4 Å². The summed E-state index contributed by atoms with van der Waals surface area (Å²) < 4.78 is 23.8. The van der Waals surface area contributed by atoms with Gasteiger partial charge in [-0.25, -0.2) is 14.0 Å². The Hall–Kier alpha value is -4.29. The van der Waals surface area contributed by atoms with E-state index in [0.717, 1.165) is 55.4 Å². The minimum Gasteiger partial charge on any atom is -0.491 e. The number of rotatable bonds is 11. The van der Waals surface area contributed by atoms with Crippen LogP contribution in [0.25, 0.3) is 5.69 Å². The fraction of sp³-hybridized carbons (Fsp3) is 0.361. The zero-order chi connectivity index (χ0) is 34.0. The van der Waals surface area contributed by atoms with Crippen molar-refractivity contribution in [2.45, 2.75) is 44.7 Å². The quantitative estimate of drug-likeness (QED) is 0.161. The highest BCUT2D eigenvalue weighted by Gasteiger charge is 2.45. The molecule has 2 aliphatic heterocycles. The molecule has 0 aliphatic carbocycles. The third-order valence-electron chi connectivity index (χ3n) is 9.24. The van der Waals surface area contributed by atoms with Gasteiger partial charge in [0.2, 0.25) is 5.79 Å². The van der Waals surface area contributed by atoms with E-state index in [9.17, 15) is 4.79 Å². The lowest BCUT2D eigenvalue weighted by atomic mass is 10.1. The molecule has 2 aliphatic rings. The number of nitrogens with zero attached hydrogens (tertiary/aromatic N) is 7. The zero-order valence-electron chi connectivity index (χ0n) is 27.5. The Morgan fingerprint density at radius 3 is 2.24 bits per heavy atom. The second kappa shape index (κ2) is 14.3. The van der Waals surface area contributed by atoms with Gasteiger partial charge in [-0.3, -0.25) is 4.68 Å². The molecule has 5 aromatic rings. The van der Waals surface area contributed by atoms with E-state index in [-0.39, 0.29) is 17.8 Å². The summed E-state index contributed by atoms with van der Waals surface area (Å²) in [5, 5.41) is 9.65. The Morgan fingerprint density at radius 1 is 0.939 bits per heavy atom. The number of anilines is 2. The average Bonchev–Trinajstić information content (AvgIpc) is 3.88. The molecule has 2 saturated heterocycles. The highest BCUT2D eigenvalue weighted by atomic mass is 35.5. The molecule has 0 radical (unpaired) electrons. The van der Waals surface area contributed by atoms with Crippen LogP contribution >= 0.6 is 23.2 Å². The first-order valence-electron chi connectivity index (χ1n) is 16.6. The molecule has 0 bridgehead atoms. The normalized spacial score (nSPS) is 20.1. The molecule has 1 unspecified atom stereocenters. The maximum atomic E-state index is 12.8. The van der Waals surface area contributed by atoms with E-state index in [2.05, 4.69) is 44.3 Å². The van der Waals surface area contributed by atoms with E-state index in [1.165, 1.54) is 0 Å². The number of halogens is 2. The number of aromatic nitrogens is 5. The largest absolute Gasteiger partial charge is 0.491 e.